The lowest BCUT2D eigenvalue weighted by atomic mass is 9.66. The lowest BCUT2D eigenvalue weighted by Gasteiger charge is -2.44. The summed E-state index contributed by atoms with van der Waals surface area (Å²) in [5.74, 6) is -0.999. The number of likely N-dealkylation sites (N-methyl/N-ethyl adjacent to an activating group) is 1. The summed E-state index contributed by atoms with van der Waals surface area (Å²) >= 11 is 6.58. The number of hydrogen-bond donors (Lipinski definition) is 3. The van der Waals surface area contributed by atoms with Gasteiger partial charge in [-0.3, -0.25) is 4.79 Å². The number of hydrogen-bond acceptors (Lipinski definition) is 6. The van der Waals surface area contributed by atoms with Gasteiger partial charge in [0.15, 0.2) is 5.65 Å². The van der Waals surface area contributed by atoms with Crippen molar-refractivity contribution in [2.24, 2.45) is 5.41 Å². The summed E-state index contributed by atoms with van der Waals surface area (Å²) in [7, 11) is 2.09. The zero-order chi connectivity index (χ0) is 24.3. The maximum Gasteiger partial charge on any atom is 0.312 e. The second kappa shape index (κ2) is 8.13. The minimum atomic E-state index is -1.26. The van der Waals surface area contributed by atoms with E-state index in [-0.39, 0.29) is 6.10 Å². The lowest BCUT2D eigenvalue weighted by molar-refractivity contribution is -0.171. The molecule has 0 radical (unpaired) electrons. The van der Waals surface area contributed by atoms with Crippen LogP contribution in [-0.2, 0) is 11.2 Å². The standard InChI is InChI=1S/C25H29ClN4O4/c1-24(2,22(31)32)25(33)9-6-16(7-10-25)34-23-27-18-13-17(26)20(28-21(18)29-23)15-4-5-19-14(12-15)8-11-30(19)3/h4-5,12-13,16,33H,6-11H2,1-3H3,(H,31,32)(H,27,28,29). The largest absolute Gasteiger partial charge is 0.481 e. The second-order valence-corrected chi connectivity index (χ2v) is 10.4. The highest BCUT2D eigenvalue weighted by atomic mass is 35.5. The van der Waals surface area contributed by atoms with Gasteiger partial charge in [-0.25, -0.2) is 4.98 Å². The van der Waals surface area contributed by atoms with Gasteiger partial charge in [0.25, 0.3) is 6.01 Å². The summed E-state index contributed by atoms with van der Waals surface area (Å²) in [4.78, 5) is 26.2. The molecule has 9 heteroatoms. The number of halogens is 1. The zero-order valence-electron chi connectivity index (χ0n) is 19.6. The third-order valence-corrected chi connectivity index (χ3v) is 7.91. The van der Waals surface area contributed by atoms with Crippen molar-refractivity contribution in [1.82, 2.24) is 15.0 Å². The normalized spacial score (nSPS) is 22.7. The summed E-state index contributed by atoms with van der Waals surface area (Å²) in [5, 5.41) is 21.0. The van der Waals surface area contributed by atoms with Gasteiger partial charge in [-0.05, 0) is 69.7 Å². The van der Waals surface area contributed by atoms with E-state index in [9.17, 15) is 15.0 Å². The van der Waals surface area contributed by atoms with Crippen molar-refractivity contribution in [1.29, 1.82) is 0 Å². The van der Waals surface area contributed by atoms with Crippen LogP contribution < -0.4 is 9.64 Å². The first-order valence-corrected chi connectivity index (χ1v) is 12.0. The monoisotopic (exact) mass is 484 g/mol. The Bertz CT molecular complexity index is 1260. The van der Waals surface area contributed by atoms with Crippen molar-refractivity contribution in [3.63, 3.8) is 0 Å². The zero-order valence-corrected chi connectivity index (χ0v) is 20.3. The predicted octanol–water partition coefficient (Wildman–Crippen LogP) is 4.43. The molecule has 2 aromatic heterocycles. The van der Waals surface area contributed by atoms with Gasteiger partial charge in [0.05, 0.1) is 27.2 Å². The molecule has 3 aromatic rings. The van der Waals surface area contributed by atoms with Crippen molar-refractivity contribution < 1.29 is 19.7 Å². The number of benzene rings is 1. The summed E-state index contributed by atoms with van der Waals surface area (Å²) < 4.78 is 6.05. The minimum Gasteiger partial charge on any atom is -0.481 e. The fourth-order valence-corrected chi connectivity index (χ4v) is 5.30. The molecule has 0 spiro atoms. The van der Waals surface area contributed by atoms with Crippen LogP contribution in [0, 0.1) is 5.41 Å². The number of aromatic nitrogens is 3. The number of aliphatic hydroxyl groups is 1. The first-order valence-electron chi connectivity index (χ1n) is 11.6. The van der Waals surface area contributed by atoms with Crippen molar-refractivity contribution in [3.05, 3.63) is 34.9 Å². The van der Waals surface area contributed by atoms with Crippen LogP contribution in [0.25, 0.3) is 22.4 Å². The number of carboxylic acids is 1. The average molecular weight is 485 g/mol. The smallest absolute Gasteiger partial charge is 0.312 e. The van der Waals surface area contributed by atoms with E-state index in [1.54, 1.807) is 13.8 Å². The van der Waals surface area contributed by atoms with E-state index in [0.717, 1.165) is 18.5 Å². The number of aliphatic carboxylic acids is 1. The first kappa shape index (κ1) is 22.9. The molecule has 1 aliphatic heterocycles. The van der Waals surface area contributed by atoms with Crippen LogP contribution >= 0.6 is 11.6 Å². The number of aromatic amines is 1. The maximum absolute atomic E-state index is 11.6. The Morgan fingerprint density at radius 3 is 2.71 bits per heavy atom. The molecule has 2 aliphatic rings. The van der Waals surface area contributed by atoms with Crippen molar-refractivity contribution in [2.75, 3.05) is 18.5 Å². The van der Waals surface area contributed by atoms with Gasteiger partial charge in [0.2, 0.25) is 0 Å². The molecule has 0 amide bonds. The van der Waals surface area contributed by atoms with E-state index in [2.05, 4.69) is 34.0 Å². The molecule has 180 valence electrons. The number of H-pyrrole nitrogens is 1. The third kappa shape index (κ3) is 3.79. The molecule has 1 fully saturated rings. The van der Waals surface area contributed by atoms with E-state index >= 15 is 0 Å². The predicted molar refractivity (Wildman–Crippen MR) is 131 cm³/mol. The van der Waals surface area contributed by atoms with Crippen LogP contribution in [-0.4, -0.2) is 56.4 Å². The number of nitrogens with zero attached hydrogens (tertiary/aromatic N) is 3. The molecule has 3 heterocycles. The number of carboxylic acid groups (broad SMARTS) is 1. The van der Waals surface area contributed by atoms with Gasteiger partial charge in [-0.15, -0.1) is 0 Å². The van der Waals surface area contributed by atoms with Crippen molar-refractivity contribution in [2.45, 2.75) is 57.7 Å². The van der Waals surface area contributed by atoms with Crippen molar-refractivity contribution >= 4 is 34.4 Å². The van der Waals surface area contributed by atoms with Crippen LogP contribution in [0.1, 0.15) is 45.1 Å². The Kier molecular flexibility index (Phi) is 5.48. The number of rotatable bonds is 5. The van der Waals surface area contributed by atoms with Crippen LogP contribution in [0.3, 0.4) is 0 Å². The SMILES string of the molecule is CN1CCc2cc(-c3nc4nc(OC5CCC(O)(C(C)(C)C(=O)O)CC5)[nH]c4cc3Cl)ccc21. The molecule has 0 unspecified atom stereocenters. The fourth-order valence-electron chi connectivity index (χ4n) is 5.04. The molecule has 1 aliphatic carbocycles. The van der Waals surface area contributed by atoms with E-state index in [1.807, 2.05) is 12.1 Å². The molecule has 0 bridgehead atoms. The Balaban J connectivity index is 1.33. The average Bonchev–Trinajstić information content (AvgIpc) is 3.36. The number of carbonyl (C=O) groups is 1. The van der Waals surface area contributed by atoms with E-state index in [1.165, 1.54) is 11.3 Å². The summed E-state index contributed by atoms with van der Waals surface area (Å²) in [6.07, 6.45) is 2.59. The highest BCUT2D eigenvalue weighted by Crippen LogP contribution is 2.43. The second-order valence-electron chi connectivity index (χ2n) is 10.0. The Labute approximate surface area is 202 Å². The van der Waals surface area contributed by atoms with Crippen LogP contribution in [0.4, 0.5) is 5.69 Å². The molecule has 8 nitrogen and oxygen atoms in total. The van der Waals surface area contributed by atoms with E-state index < -0.39 is 17.0 Å². The molecule has 0 atom stereocenters. The van der Waals surface area contributed by atoms with Gasteiger partial charge >= 0.3 is 5.97 Å². The molecule has 1 saturated carbocycles. The van der Waals surface area contributed by atoms with E-state index in [4.69, 9.17) is 21.3 Å². The molecule has 0 saturated heterocycles. The van der Waals surface area contributed by atoms with Gasteiger partial charge < -0.3 is 24.8 Å². The topological polar surface area (TPSA) is 112 Å². The molecule has 34 heavy (non-hydrogen) atoms. The Morgan fingerprint density at radius 2 is 2.00 bits per heavy atom. The highest BCUT2D eigenvalue weighted by Gasteiger charge is 2.50. The Morgan fingerprint density at radius 1 is 1.26 bits per heavy atom. The number of ether oxygens (including phenoxy) is 1. The fraction of sp³-hybridized carbons (Fsp3) is 0.480. The van der Waals surface area contributed by atoms with E-state index in [0.29, 0.717) is 53.6 Å². The third-order valence-electron chi connectivity index (χ3n) is 7.62. The summed E-state index contributed by atoms with van der Waals surface area (Å²) in [5.41, 5.74) is 2.88. The Hall–Kier alpha value is -2.84. The first-order chi connectivity index (χ1) is 16.1. The molecular formula is C25H29ClN4O4. The quantitative estimate of drug-likeness (QED) is 0.491. The molecule has 1 aromatic carbocycles. The van der Waals surface area contributed by atoms with Crippen molar-refractivity contribution in [3.8, 4) is 17.3 Å². The van der Waals surface area contributed by atoms with Crippen LogP contribution in [0.5, 0.6) is 6.01 Å². The number of nitrogens with one attached hydrogen (secondary N) is 1. The van der Waals surface area contributed by atoms with Crippen LogP contribution in [0.2, 0.25) is 5.02 Å². The highest BCUT2D eigenvalue weighted by molar-refractivity contribution is 6.33. The van der Waals surface area contributed by atoms with Gasteiger partial charge in [0.1, 0.15) is 6.10 Å². The minimum absolute atomic E-state index is 0.172. The lowest BCUT2D eigenvalue weighted by Crippen LogP contribution is -2.52. The number of fused-ring (bicyclic) bond motifs is 2. The molecule has 5 rings (SSSR count). The van der Waals surface area contributed by atoms with Crippen LogP contribution in [0.15, 0.2) is 24.3 Å². The maximum atomic E-state index is 11.6. The number of imidazole rings is 1. The molecule has 3 N–H and O–H groups in total. The summed E-state index contributed by atoms with van der Waals surface area (Å²) in [6.45, 7) is 4.15. The number of anilines is 1. The number of pyridine rings is 1. The van der Waals surface area contributed by atoms with Gasteiger partial charge in [-0.1, -0.05) is 17.7 Å². The summed E-state index contributed by atoms with van der Waals surface area (Å²) in [6, 6.07) is 8.44. The van der Waals surface area contributed by atoms with Gasteiger partial charge in [-0.2, -0.15) is 4.98 Å². The molecular weight excluding hydrogens is 456 g/mol. The van der Waals surface area contributed by atoms with Gasteiger partial charge in [0, 0.05) is 24.8 Å².